The summed E-state index contributed by atoms with van der Waals surface area (Å²) < 4.78 is 0. The molecule has 0 bridgehead atoms. The molecular weight excluding hydrogens is 344 g/mol. The van der Waals surface area contributed by atoms with Crippen molar-refractivity contribution in [3.8, 4) is 0 Å². The smallest absolute Gasteiger partial charge is 0.0478 e. The van der Waals surface area contributed by atoms with Crippen molar-refractivity contribution in [1.29, 1.82) is 0 Å². The van der Waals surface area contributed by atoms with E-state index in [-0.39, 0.29) is 0 Å². The number of nitrogens with two attached hydrogens (primary N) is 1. The molecule has 2 N–H and O–H groups in total. The number of rotatable bonds is 7. The third-order valence-corrected chi connectivity index (χ3v) is 6.28. The van der Waals surface area contributed by atoms with Gasteiger partial charge in [0, 0.05) is 38.3 Å². The summed E-state index contributed by atoms with van der Waals surface area (Å²) in [6.07, 6.45) is 2.63. The van der Waals surface area contributed by atoms with Crippen LogP contribution in [0.2, 0.25) is 0 Å². The maximum Gasteiger partial charge on any atom is 0.0478 e. The van der Waals surface area contributed by atoms with Crippen LogP contribution in [-0.2, 0) is 13.1 Å². The molecule has 150 valence electrons. The second-order valence-corrected chi connectivity index (χ2v) is 8.62. The van der Waals surface area contributed by atoms with Crippen LogP contribution in [0.5, 0.6) is 0 Å². The van der Waals surface area contributed by atoms with Gasteiger partial charge in [0.25, 0.3) is 0 Å². The zero-order chi connectivity index (χ0) is 19.5. The quantitative estimate of drug-likeness (QED) is 0.801. The first kappa shape index (κ1) is 19.6. The number of likely N-dealkylation sites (tertiary alicyclic amines) is 1. The van der Waals surface area contributed by atoms with Crippen molar-refractivity contribution < 1.29 is 0 Å². The third-order valence-electron chi connectivity index (χ3n) is 6.28. The van der Waals surface area contributed by atoms with E-state index in [4.69, 9.17) is 5.73 Å². The molecule has 2 aliphatic heterocycles. The summed E-state index contributed by atoms with van der Waals surface area (Å²) >= 11 is 0. The SMILES string of the molecule is CN(C)Cc1ccc2c(c1)C(CN)N(CC(c1ccccc1)N1CCCC1)C2. The molecule has 0 aromatic heterocycles. The topological polar surface area (TPSA) is 35.7 Å². The summed E-state index contributed by atoms with van der Waals surface area (Å²) in [6.45, 7) is 6.13. The van der Waals surface area contributed by atoms with E-state index in [0.29, 0.717) is 18.6 Å². The van der Waals surface area contributed by atoms with Gasteiger partial charge in [-0.15, -0.1) is 0 Å². The maximum absolute atomic E-state index is 6.29. The van der Waals surface area contributed by atoms with Crippen LogP contribution in [0, 0.1) is 0 Å². The van der Waals surface area contributed by atoms with Crippen molar-refractivity contribution in [1.82, 2.24) is 14.7 Å². The minimum atomic E-state index is 0.325. The molecule has 0 amide bonds. The highest BCUT2D eigenvalue weighted by molar-refractivity contribution is 5.38. The van der Waals surface area contributed by atoms with Crippen molar-refractivity contribution in [2.75, 3.05) is 40.3 Å². The van der Waals surface area contributed by atoms with E-state index < -0.39 is 0 Å². The predicted octanol–water partition coefficient (Wildman–Crippen LogP) is 3.40. The zero-order valence-corrected chi connectivity index (χ0v) is 17.3. The molecule has 2 unspecified atom stereocenters. The highest BCUT2D eigenvalue weighted by Crippen LogP contribution is 2.37. The molecular formula is C24H34N4. The Balaban J connectivity index is 1.57. The molecule has 4 nitrogen and oxygen atoms in total. The van der Waals surface area contributed by atoms with Crippen LogP contribution in [0.3, 0.4) is 0 Å². The molecule has 2 aromatic carbocycles. The van der Waals surface area contributed by atoms with Crippen molar-refractivity contribution in [3.63, 3.8) is 0 Å². The fourth-order valence-electron chi connectivity index (χ4n) is 4.94. The van der Waals surface area contributed by atoms with Gasteiger partial charge < -0.3 is 10.6 Å². The van der Waals surface area contributed by atoms with Crippen LogP contribution >= 0.6 is 0 Å². The standard InChI is InChI=1S/C24H34N4/c1-26(2)16-19-10-11-21-17-28(23(15-25)22(21)14-19)18-24(27-12-6-7-13-27)20-8-4-3-5-9-20/h3-5,8-11,14,23-24H,6-7,12-13,15-18,25H2,1-2H3. The Morgan fingerprint density at radius 3 is 2.50 bits per heavy atom. The van der Waals surface area contributed by atoms with E-state index in [1.165, 1.54) is 48.2 Å². The van der Waals surface area contributed by atoms with Gasteiger partial charge in [-0.3, -0.25) is 9.80 Å². The third kappa shape index (κ3) is 4.15. The summed E-state index contributed by atoms with van der Waals surface area (Å²) in [5.74, 6) is 0. The van der Waals surface area contributed by atoms with Crippen molar-refractivity contribution in [2.24, 2.45) is 5.73 Å². The fourth-order valence-corrected chi connectivity index (χ4v) is 4.94. The highest BCUT2D eigenvalue weighted by Gasteiger charge is 2.33. The second kappa shape index (κ2) is 8.75. The molecule has 0 saturated carbocycles. The Morgan fingerprint density at radius 1 is 1.07 bits per heavy atom. The lowest BCUT2D eigenvalue weighted by molar-refractivity contribution is 0.135. The summed E-state index contributed by atoms with van der Waals surface area (Å²) in [5, 5.41) is 0. The minimum Gasteiger partial charge on any atom is -0.329 e. The van der Waals surface area contributed by atoms with Gasteiger partial charge in [0.15, 0.2) is 0 Å². The van der Waals surface area contributed by atoms with Crippen molar-refractivity contribution in [2.45, 2.75) is 38.0 Å². The lowest BCUT2D eigenvalue weighted by Crippen LogP contribution is -2.38. The Morgan fingerprint density at radius 2 is 1.82 bits per heavy atom. The predicted molar refractivity (Wildman–Crippen MR) is 116 cm³/mol. The maximum atomic E-state index is 6.29. The Bertz CT molecular complexity index is 767. The van der Waals surface area contributed by atoms with Gasteiger partial charge in [-0.2, -0.15) is 0 Å². The highest BCUT2D eigenvalue weighted by atomic mass is 15.3. The molecule has 4 rings (SSSR count). The molecule has 1 fully saturated rings. The zero-order valence-electron chi connectivity index (χ0n) is 17.3. The van der Waals surface area contributed by atoms with E-state index in [9.17, 15) is 0 Å². The van der Waals surface area contributed by atoms with Crippen LogP contribution in [0.4, 0.5) is 0 Å². The number of hydrogen-bond donors (Lipinski definition) is 1. The molecule has 2 atom stereocenters. The van der Waals surface area contributed by atoms with Crippen LogP contribution in [-0.4, -0.2) is 55.0 Å². The van der Waals surface area contributed by atoms with Gasteiger partial charge >= 0.3 is 0 Å². The monoisotopic (exact) mass is 378 g/mol. The Labute approximate surface area is 169 Å². The molecule has 2 heterocycles. The van der Waals surface area contributed by atoms with Crippen LogP contribution in [0.15, 0.2) is 48.5 Å². The van der Waals surface area contributed by atoms with E-state index in [1.807, 2.05) is 0 Å². The van der Waals surface area contributed by atoms with Gasteiger partial charge in [0.1, 0.15) is 0 Å². The van der Waals surface area contributed by atoms with Crippen molar-refractivity contribution in [3.05, 3.63) is 70.8 Å². The molecule has 4 heteroatoms. The molecule has 2 aliphatic rings. The molecule has 0 aliphatic carbocycles. The van der Waals surface area contributed by atoms with Crippen LogP contribution in [0.25, 0.3) is 0 Å². The average molecular weight is 379 g/mol. The summed E-state index contributed by atoms with van der Waals surface area (Å²) in [6, 6.07) is 18.8. The molecule has 0 radical (unpaired) electrons. The minimum absolute atomic E-state index is 0.325. The lowest BCUT2D eigenvalue weighted by atomic mass is 10.0. The van der Waals surface area contributed by atoms with Crippen molar-refractivity contribution >= 4 is 0 Å². The normalized spacial score (nSPS) is 21.4. The van der Waals surface area contributed by atoms with E-state index in [0.717, 1.165) is 19.6 Å². The number of benzene rings is 2. The van der Waals surface area contributed by atoms with Gasteiger partial charge in [0.2, 0.25) is 0 Å². The lowest BCUT2D eigenvalue weighted by Gasteiger charge is -2.34. The van der Waals surface area contributed by atoms with Gasteiger partial charge in [0.05, 0.1) is 0 Å². The summed E-state index contributed by atoms with van der Waals surface area (Å²) in [7, 11) is 4.25. The first-order valence-corrected chi connectivity index (χ1v) is 10.6. The van der Waals surface area contributed by atoms with E-state index in [2.05, 4.69) is 77.3 Å². The summed E-state index contributed by atoms with van der Waals surface area (Å²) in [5.41, 5.74) is 12.0. The molecule has 2 aromatic rings. The Hall–Kier alpha value is -1.72. The fraction of sp³-hybridized carbons (Fsp3) is 0.500. The summed E-state index contributed by atoms with van der Waals surface area (Å²) in [4.78, 5) is 7.51. The molecule has 28 heavy (non-hydrogen) atoms. The first-order valence-electron chi connectivity index (χ1n) is 10.6. The Kier molecular flexibility index (Phi) is 6.12. The van der Waals surface area contributed by atoms with Gasteiger partial charge in [-0.05, 0) is 62.3 Å². The molecule has 0 spiro atoms. The first-order chi connectivity index (χ1) is 13.7. The number of fused-ring (bicyclic) bond motifs is 1. The van der Waals surface area contributed by atoms with Gasteiger partial charge in [-0.25, -0.2) is 0 Å². The number of nitrogens with zero attached hydrogens (tertiary/aromatic N) is 3. The largest absolute Gasteiger partial charge is 0.329 e. The van der Waals surface area contributed by atoms with Gasteiger partial charge in [-0.1, -0.05) is 48.5 Å². The van der Waals surface area contributed by atoms with E-state index in [1.54, 1.807) is 0 Å². The van der Waals surface area contributed by atoms with Crippen LogP contribution in [0.1, 0.15) is 47.2 Å². The number of hydrogen-bond acceptors (Lipinski definition) is 4. The molecule has 1 saturated heterocycles. The van der Waals surface area contributed by atoms with Crippen LogP contribution < -0.4 is 5.73 Å². The average Bonchev–Trinajstić information content (AvgIpc) is 3.33. The van der Waals surface area contributed by atoms with E-state index >= 15 is 0 Å². The second-order valence-electron chi connectivity index (χ2n) is 8.62.